The minimum atomic E-state index is 0.624. The fraction of sp³-hybridized carbons (Fsp3) is 0.0667. The maximum Gasteiger partial charge on any atom is 0.141 e. The number of aryl methyl sites for hydroxylation is 1. The summed E-state index contributed by atoms with van der Waals surface area (Å²) in [6.07, 6.45) is 0. The standard InChI is InChI=1S/C15H11ClN2S/c1-18-13-5-3-2-4-12(13)15(19)17-14(18)10-6-8-11(16)9-7-10/h2-9H,1H3. The second kappa shape index (κ2) is 4.76. The number of fused-ring (bicyclic) bond motifs is 1. The first-order chi connectivity index (χ1) is 9.16. The molecule has 0 unspecified atom stereocenters. The van der Waals surface area contributed by atoms with E-state index in [9.17, 15) is 0 Å². The average molecular weight is 287 g/mol. The topological polar surface area (TPSA) is 17.8 Å². The van der Waals surface area contributed by atoms with Gasteiger partial charge in [-0.05, 0) is 36.4 Å². The second-order valence-corrected chi connectivity index (χ2v) is 5.15. The molecule has 94 valence electrons. The van der Waals surface area contributed by atoms with Gasteiger partial charge in [-0.25, -0.2) is 4.98 Å². The minimum Gasteiger partial charge on any atom is -0.328 e. The van der Waals surface area contributed by atoms with Crippen LogP contribution in [0.1, 0.15) is 0 Å². The quantitative estimate of drug-likeness (QED) is 0.607. The van der Waals surface area contributed by atoms with Crippen LogP contribution < -0.4 is 0 Å². The van der Waals surface area contributed by atoms with E-state index >= 15 is 0 Å². The smallest absolute Gasteiger partial charge is 0.141 e. The van der Waals surface area contributed by atoms with E-state index in [1.807, 2.05) is 60.1 Å². The summed E-state index contributed by atoms with van der Waals surface area (Å²) in [7, 11) is 1.99. The van der Waals surface area contributed by atoms with Gasteiger partial charge in [0.1, 0.15) is 10.5 Å². The average Bonchev–Trinajstić information content (AvgIpc) is 2.44. The van der Waals surface area contributed by atoms with Gasteiger partial charge < -0.3 is 4.57 Å². The SMILES string of the molecule is Cn1c(-c2ccc(Cl)cc2)nc(=S)c2ccccc21. The minimum absolute atomic E-state index is 0.624. The number of aromatic nitrogens is 2. The van der Waals surface area contributed by atoms with Gasteiger partial charge in [-0.15, -0.1) is 0 Å². The number of nitrogens with zero attached hydrogens (tertiary/aromatic N) is 2. The van der Waals surface area contributed by atoms with E-state index in [0.29, 0.717) is 9.66 Å². The molecule has 0 N–H and O–H groups in total. The molecule has 0 atom stereocenters. The highest BCUT2D eigenvalue weighted by Gasteiger charge is 2.07. The third kappa shape index (κ3) is 2.15. The molecule has 2 nitrogen and oxygen atoms in total. The Kier molecular flexibility index (Phi) is 3.09. The number of para-hydroxylation sites is 1. The summed E-state index contributed by atoms with van der Waals surface area (Å²) in [6.45, 7) is 0. The van der Waals surface area contributed by atoms with Gasteiger partial charge in [0.2, 0.25) is 0 Å². The zero-order valence-electron chi connectivity index (χ0n) is 10.3. The highest BCUT2D eigenvalue weighted by molar-refractivity contribution is 7.71. The van der Waals surface area contributed by atoms with Crippen molar-refractivity contribution in [3.8, 4) is 11.4 Å². The Balaban J connectivity index is 2.33. The summed E-state index contributed by atoms with van der Waals surface area (Å²) in [5, 5.41) is 1.71. The predicted octanol–water partition coefficient (Wildman–Crippen LogP) is 4.62. The fourth-order valence-electron chi connectivity index (χ4n) is 2.15. The molecule has 0 fully saturated rings. The molecule has 0 aliphatic carbocycles. The molecule has 4 heteroatoms. The van der Waals surface area contributed by atoms with Crippen LogP contribution in [0.2, 0.25) is 5.02 Å². The van der Waals surface area contributed by atoms with Crippen LogP contribution in [0.4, 0.5) is 0 Å². The summed E-state index contributed by atoms with van der Waals surface area (Å²) in [4.78, 5) is 4.54. The van der Waals surface area contributed by atoms with E-state index in [1.165, 1.54) is 0 Å². The summed E-state index contributed by atoms with van der Waals surface area (Å²) in [6, 6.07) is 15.6. The fourth-order valence-corrected chi connectivity index (χ4v) is 2.53. The maximum absolute atomic E-state index is 5.92. The van der Waals surface area contributed by atoms with E-state index in [2.05, 4.69) is 4.98 Å². The number of halogens is 1. The molecule has 0 aliphatic heterocycles. The maximum atomic E-state index is 5.92. The van der Waals surface area contributed by atoms with Gasteiger partial charge in [0.15, 0.2) is 0 Å². The Morgan fingerprint density at radius 3 is 2.47 bits per heavy atom. The molecule has 0 spiro atoms. The monoisotopic (exact) mass is 286 g/mol. The Labute approximate surface area is 121 Å². The first kappa shape index (κ1) is 12.3. The Hall–Kier alpha value is -1.71. The lowest BCUT2D eigenvalue weighted by atomic mass is 10.2. The summed E-state index contributed by atoms with van der Waals surface area (Å²) in [5.74, 6) is 0.848. The lowest BCUT2D eigenvalue weighted by Gasteiger charge is -2.12. The molecule has 3 aromatic rings. The molecule has 0 aliphatic rings. The molecule has 2 aromatic carbocycles. The molecule has 0 saturated carbocycles. The third-order valence-corrected chi connectivity index (χ3v) is 3.69. The first-order valence-corrected chi connectivity index (χ1v) is 6.67. The van der Waals surface area contributed by atoms with Crippen LogP contribution >= 0.6 is 23.8 Å². The Morgan fingerprint density at radius 1 is 1.05 bits per heavy atom. The van der Waals surface area contributed by atoms with Gasteiger partial charge in [-0.2, -0.15) is 0 Å². The van der Waals surface area contributed by atoms with Crippen molar-refractivity contribution in [2.45, 2.75) is 0 Å². The molecule has 0 saturated heterocycles. The van der Waals surface area contributed by atoms with E-state index in [-0.39, 0.29) is 0 Å². The molecule has 1 aromatic heterocycles. The Bertz CT molecular complexity index is 806. The zero-order chi connectivity index (χ0) is 13.4. The van der Waals surface area contributed by atoms with E-state index in [0.717, 1.165) is 22.3 Å². The summed E-state index contributed by atoms with van der Waals surface area (Å²) in [5.41, 5.74) is 2.08. The predicted molar refractivity (Wildman–Crippen MR) is 82.0 cm³/mol. The highest BCUT2D eigenvalue weighted by Crippen LogP contribution is 2.23. The van der Waals surface area contributed by atoms with Gasteiger partial charge >= 0.3 is 0 Å². The van der Waals surface area contributed by atoms with Gasteiger partial charge in [0, 0.05) is 23.0 Å². The van der Waals surface area contributed by atoms with Crippen molar-refractivity contribution < 1.29 is 0 Å². The van der Waals surface area contributed by atoms with Crippen molar-refractivity contribution in [3.63, 3.8) is 0 Å². The van der Waals surface area contributed by atoms with Crippen molar-refractivity contribution in [3.05, 3.63) is 58.2 Å². The lowest BCUT2D eigenvalue weighted by Crippen LogP contribution is -2.02. The van der Waals surface area contributed by atoms with E-state index in [4.69, 9.17) is 23.8 Å². The molecular weight excluding hydrogens is 276 g/mol. The number of benzene rings is 2. The third-order valence-electron chi connectivity index (χ3n) is 3.12. The van der Waals surface area contributed by atoms with Crippen molar-refractivity contribution in [2.75, 3.05) is 0 Å². The van der Waals surface area contributed by atoms with Crippen LogP contribution in [0.3, 0.4) is 0 Å². The molecule has 3 rings (SSSR count). The van der Waals surface area contributed by atoms with E-state index < -0.39 is 0 Å². The van der Waals surface area contributed by atoms with Crippen LogP contribution in [-0.4, -0.2) is 9.55 Å². The summed E-state index contributed by atoms with van der Waals surface area (Å²) >= 11 is 11.3. The van der Waals surface area contributed by atoms with Crippen molar-refractivity contribution in [1.29, 1.82) is 0 Å². The molecule has 1 heterocycles. The summed E-state index contributed by atoms with van der Waals surface area (Å²) < 4.78 is 2.67. The van der Waals surface area contributed by atoms with Gasteiger partial charge in [0.25, 0.3) is 0 Å². The van der Waals surface area contributed by atoms with E-state index in [1.54, 1.807) is 0 Å². The normalized spacial score (nSPS) is 10.8. The zero-order valence-corrected chi connectivity index (χ0v) is 11.9. The first-order valence-electron chi connectivity index (χ1n) is 5.88. The van der Waals surface area contributed by atoms with Crippen LogP contribution in [0.15, 0.2) is 48.5 Å². The Morgan fingerprint density at radius 2 is 1.74 bits per heavy atom. The number of rotatable bonds is 1. The van der Waals surface area contributed by atoms with Crippen molar-refractivity contribution in [1.82, 2.24) is 9.55 Å². The van der Waals surface area contributed by atoms with Gasteiger partial charge in [-0.1, -0.05) is 36.0 Å². The lowest BCUT2D eigenvalue weighted by molar-refractivity contribution is 0.921. The molecule has 0 amide bonds. The molecular formula is C15H11ClN2S. The van der Waals surface area contributed by atoms with Crippen molar-refractivity contribution in [2.24, 2.45) is 7.05 Å². The van der Waals surface area contributed by atoms with Crippen molar-refractivity contribution >= 4 is 34.7 Å². The number of hydrogen-bond acceptors (Lipinski definition) is 2. The molecule has 0 radical (unpaired) electrons. The molecule has 0 bridgehead atoms. The van der Waals surface area contributed by atoms with Gasteiger partial charge in [0.05, 0.1) is 5.52 Å². The van der Waals surface area contributed by atoms with Crippen LogP contribution in [0.25, 0.3) is 22.3 Å². The largest absolute Gasteiger partial charge is 0.328 e. The van der Waals surface area contributed by atoms with Crippen LogP contribution in [0, 0.1) is 4.64 Å². The van der Waals surface area contributed by atoms with Crippen LogP contribution in [0.5, 0.6) is 0 Å². The highest BCUT2D eigenvalue weighted by atomic mass is 35.5. The molecule has 19 heavy (non-hydrogen) atoms. The number of hydrogen-bond donors (Lipinski definition) is 0. The van der Waals surface area contributed by atoms with Gasteiger partial charge in [-0.3, -0.25) is 0 Å². The second-order valence-electron chi connectivity index (χ2n) is 4.32. The van der Waals surface area contributed by atoms with Crippen LogP contribution in [-0.2, 0) is 7.05 Å².